The molecule has 1 aromatic rings. The first-order chi connectivity index (χ1) is 9.03. The van der Waals surface area contributed by atoms with Crippen molar-refractivity contribution in [1.82, 2.24) is 0 Å². The third-order valence-electron chi connectivity index (χ3n) is 4.05. The van der Waals surface area contributed by atoms with Crippen LogP contribution in [-0.2, 0) is 15.2 Å². The average molecular weight is 263 g/mol. The molecule has 100 valence electrons. The Morgan fingerprint density at radius 2 is 2.11 bits per heavy atom. The molecule has 2 atom stereocenters. The Balaban J connectivity index is 2.10. The van der Waals surface area contributed by atoms with E-state index in [1.165, 1.54) is 12.1 Å². The molecule has 2 aliphatic rings. The van der Waals surface area contributed by atoms with Crippen LogP contribution in [0.15, 0.2) is 18.2 Å². The van der Waals surface area contributed by atoms with Gasteiger partial charge in [-0.15, -0.1) is 0 Å². The minimum absolute atomic E-state index is 0.124. The topological polar surface area (TPSA) is 66.4 Å². The Morgan fingerprint density at radius 1 is 1.32 bits per heavy atom. The zero-order chi connectivity index (χ0) is 13.6. The monoisotopic (exact) mass is 263 g/mol. The van der Waals surface area contributed by atoms with E-state index in [1.807, 2.05) is 0 Å². The van der Waals surface area contributed by atoms with E-state index in [2.05, 4.69) is 5.32 Å². The lowest BCUT2D eigenvalue weighted by Crippen LogP contribution is -2.46. The van der Waals surface area contributed by atoms with Crippen LogP contribution in [0.2, 0.25) is 0 Å². The van der Waals surface area contributed by atoms with Crippen molar-refractivity contribution >= 4 is 17.4 Å². The van der Waals surface area contributed by atoms with Crippen LogP contribution in [0.3, 0.4) is 0 Å². The Kier molecular flexibility index (Phi) is 2.67. The summed E-state index contributed by atoms with van der Waals surface area (Å²) in [6.07, 6.45) is 2.39. The van der Waals surface area contributed by atoms with Crippen molar-refractivity contribution in [3.05, 3.63) is 29.6 Å². The van der Waals surface area contributed by atoms with Gasteiger partial charge in [0.05, 0.1) is 5.92 Å². The lowest BCUT2D eigenvalue weighted by molar-refractivity contribution is -0.150. The van der Waals surface area contributed by atoms with Crippen molar-refractivity contribution in [3.63, 3.8) is 0 Å². The summed E-state index contributed by atoms with van der Waals surface area (Å²) in [6.45, 7) is 0. The SMILES string of the molecule is O=C1CCCC[C@@H]1[C@@]1(O)C(=O)Nc2ccc(F)cc21. The summed E-state index contributed by atoms with van der Waals surface area (Å²) >= 11 is 0. The van der Waals surface area contributed by atoms with Crippen LogP contribution < -0.4 is 5.32 Å². The van der Waals surface area contributed by atoms with Crippen LogP contribution in [0, 0.1) is 11.7 Å². The number of hydrogen-bond donors (Lipinski definition) is 2. The maximum atomic E-state index is 13.4. The first-order valence-corrected chi connectivity index (χ1v) is 6.40. The zero-order valence-corrected chi connectivity index (χ0v) is 10.3. The van der Waals surface area contributed by atoms with E-state index < -0.39 is 23.2 Å². The molecule has 1 amide bonds. The highest BCUT2D eigenvalue weighted by atomic mass is 19.1. The fraction of sp³-hybridized carbons (Fsp3) is 0.429. The lowest BCUT2D eigenvalue weighted by Gasteiger charge is -2.32. The summed E-state index contributed by atoms with van der Waals surface area (Å²) in [5.41, 5.74) is -1.36. The maximum absolute atomic E-state index is 13.4. The van der Waals surface area contributed by atoms with E-state index in [1.54, 1.807) is 0 Å². The predicted molar refractivity (Wildman–Crippen MR) is 65.9 cm³/mol. The summed E-state index contributed by atoms with van der Waals surface area (Å²) in [4.78, 5) is 24.1. The molecule has 1 saturated carbocycles. The van der Waals surface area contributed by atoms with E-state index in [9.17, 15) is 19.1 Å². The largest absolute Gasteiger partial charge is 0.375 e. The summed E-state index contributed by atoms with van der Waals surface area (Å²) in [7, 11) is 0. The molecule has 5 heteroatoms. The van der Waals surface area contributed by atoms with E-state index in [0.29, 0.717) is 18.5 Å². The molecule has 1 heterocycles. The summed E-state index contributed by atoms with van der Waals surface area (Å²) in [6, 6.07) is 3.76. The summed E-state index contributed by atoms with van der Waals surface area (Å²) < 4.78 is 13.4. The van der Waals surface area contributed by atoms with Gasteiger partial charge in [0.1, 0.15) is 11.6 Å². The van der Waals surface area contributed by atoms with E-state index >= 15 is 0 Å². The van der Waals surface area contributed by atoms with Crippen molar-refractivity contribution in [1.29, 1.82) is 0 Å². The van der Waals surface area contributed by atoms with Gasteiger partial charge in [0.15, 0.2) is 5.60 Å². The number of halogens is 1. The number of ketones is 1. The van der Waals surface area contributed by atoms with Gasteiger partial charge in [-0.25, -0.2) is 4.39 Å². The molecular weight excluding hydrogens is 249 g/mol. The van der Waals surface area contributed by atoms with Crippen molar-refractivity contribution in [2.75, 3.05) is 5.32 Å². The second kappa shape index (κ2) is 4.13. The molecule has 2 N–H and O–H groups in total. The number of carbonyl (C=O) groups excluding carboxylic acids is 2. The van der Waals surface area contributed by atoms with Crippen molar-refractivity contribution < 1.29 is 19.1 Å². The fourth-order valence-corrected chi connectivity index (χ4v) is 3.05. The minimum Gasteiger partial charge on any atom is -0.375 e. The highest BCUT2D eigenvalue weighted by Gasteiger charge is 2.54. The second-order valence-corrected chi connectivity index (χ2v) is 5.18. The maximum Gasteiger partial charge on any atom is 0.261 e. The smallest absolute Gasteiger partial charge is 0.261 e. The predicted octanol–water partition coefficient (Wildman–Crippen LogP) is 1.72. The van der Waals surface area contributed by atoms with E-state index in [4.69, 9.17) is 0 Å². The van der Waals surface area contributed by atoms with E-state index in [-0.39, 0.29) is 11.3 Å². The Morgan fingerprint density at radius 3 is 2.84 bits per heavy atom. The van der Waals surface area contributed by atoms with Crippen molar-refractivity contribution in [3.8, 4) is 0 Å². The summed E-state index contributed by atoms with van der Waals surface area (Å²) in [5, 5.41) is 13.3. The van der Waals surface area contributed by atoms with Gasteiger partial charge in [-0.3, -0.25) is 9.59 Å². The van der Waals surface area contributed by atoms with Crippen LogP contribution in [0.1, 0.15) is 31.2 Å². The molecule has 0 spiro atoms. The minimum atomic E-state index is -1.92. The lowest BCUT2D eigenvalue weighted by atomic mass is 9.73. The molecule has 0 saturated heterocycles. The molecule has 0 bridgehead atoms. The van der Waals surface area contributed by atoms with Gasteiger partial charge in [-0.05, 0) is 31.0 Å². The molecule has 3 rings (SSSR count). The number of anilines is 1. The third-order valence-corrected chi connectivity index (χ3v) is 4.05. The van der Waals surface area contributed by atoms with Gasteiger partial charge < -0.3 is 10.4 Å². The third kappa shape index (κ3) is 1.69. The van der Waals surface area contributed by atoms with Crippen molar-refractivity contribution in [2.24, 2.45) is 5.92 Å². The van der Waals surface area contributed by atoms with Gasteiger partial charge >= 0.3 is 0 Å². The molecule has 1 aliphatic carbocycles. The van der Waals surface area contributed by atoms with Crippen LogP contribution in [0.25, 0.3) is 0 Å². The number of benzene rings is 1. The molecule has 19 heavy (non-hydrogen) atoms. The molecular formula is C14H14FNO3. The Labute approximate surface area is 109 Å². The van der Waals surface area contributed by atoms with Crippen LogP contribution >= 0.6 is 0 Å². The number of carbonyl (C=O) groups is 2. The zero-order valence-electron chi connectivity index (χ0n) is 10.3. The number of rotatable bonds is 1. The van der Waals surface area contributed by atoms with Gasteiger partial charge in [0.2, 0.25) is 0 Å². The number of aliphatic hydroxyl groups is 1. The quantitative estimate of drug-likeness (QED) is 0.810. The first-order valence-electron chi connectivity index (χ1n) is 6.40. The normalized spacial score (nSPS) is 30.1. The molecule has 1 aliphatic heterocycles. The number of nitrogens with one attached hydrogen (secondary N) is 1. The molecule has 1 fully saturated rings. The van der Waals surface area contributed by atoms with Crippen molar-refractivity contribution in [2.45, 2.75) is 31.3 Å². The van der Waals surface area contributed by atoms with Gasteiger partial charge in [-0.2, -0.15) is 0 Å². The van der Waals surface area contributed by atoms with E-state index in [0.717, 1.165) is 18.9 Å². The van der Waals surface area contributed by atoms with Crippen LogP contribution in [-0.4, -0.2) is 16.8 Å². The molecule has 0 aromatic heterocycles. The summed E-state index contributed by atoms with van der Waals surface area (Å²) in [5.74, 6) is -2.06. The number of amides is 1. The molecule has 1 aromatic carbocycles. The van der Waals surface area contributed by atoms with Gasteiger partial charge in [0.25, 0.3) is 5.91 Å². The Bertz CT molecular complexity index is 572. The first kappa shape index (κ1) is 12.3. The molecule has 0 radical (unpaired) electrons. The Hall–Kier alpha value is -1.75. The number of hydrogen-bond acceptors (Lipinski definition) is 3. The number of Topliss-reactive ketones (excluding diaryl/α,β-unsaturated/α-hetero) is 1. The highest BCUT2D eigenvalue weighted by Crippen LogP contribution is 2.45. The highest BCUT2D eigenvalue weighted by molar-refractivity contribution is 6.08. The average Bonchev–Trinajstić information content (AvgIpc) is 2.64. The number of fused-ring (bicyclic) bond motifs is 1. The molecule has 0 unspecified atom stereocenters. The standard InChI is InChI=1S/C14H14FNO3/c15-8-5-6-11-10(7-8)14(19,13(18)16-11)9-3-1-2-4-12(9)17/h5-7,9,19H,1-4H2,(H,16,18)/t9-,14-/m0/s1. The van der Waals surface area contributed by atoms with Crippen LogP contribution in [0.5, 0.6) is 0 Å². The van der Waals surface area contributed by atoms with Crippen LogP contribution in [0.4, 0.5) is 10.1 Å². The fourth-order valence-electron chi connectivity index (χ4n) is 3.05. The second-order valence-electron chi connectivity index (χ2n) is 5.18. The van der Waals surface area contributed by atoms with Gasteiger partial charge in [-0.1, -0.05) is 6.42 Å². The molecule has 4 nitrogen and oxygen atoms in total. The van der Waals surface area contributed by atoms with Gasteiger partial charge in [0, 0.05) is 17.7 Å².